The minimum absolute atomic E-state index is 0.121. The number of carbonyl (C=O) groups is 1. The highest BCUT2D eigenvalue weighted by Crippen LogP contribution is 2.39. The third-order valence-electron chi connectivity index (χ3n) is 5.20. The summed E-state index contributed by atoms with van der Waals surface area (Å²) in [4.78, 5) is 40.7. The summed E-state index contributed by atoms with van der Waals surface area (Å²) >= 11 is 0. The SMILES string of the molecule is COc1cc(NS(C)(=O)=O)ccc1C(=O)Nc1cc(-n2c(=O)cc[nH]c2=O)cc(C(C)(C)C)c1OC. The quantitative estimate of drug-likeness (QED) is 0.437. The van der Waals surface area contributed by atoms with E-state index >= 15 is 0 Å². The number of rotatable bonds is 7. The van der Waals surface area contributed by atoms with Gasteiger partial charge in [0.15, 0.2) is 0 Å². The van der Waals surface area contributed by atoms with Crippen LogP contribution in [0, 0.1) is 0 Å². The molecule has 3 rings (SSSR count). The van der Waals surface area contributed by atoms with Crippen LogP contribution in [0.5, 0.6) is 11.5 Å². The molecule has 12 heteroatoms. The highest BCUT2D eigenvalue weighted by atomic mass is 32.2. The zero-order valence-corrected chi connectivity index (χ0v) is 21.6. The molecule has 1 amide bonds. The molecule has 0 radical (unpaired) electrons. The molecule has 1 aromatic heterocycles. The van der Waals surface area contributed by atoms with E-state index in [1.165, 1.54) is 50.7 Å². The van der Waals surface area contributed by atoms with Crippen molar-refractivity contribution < 1.29 is 22.7 Å². The molecule has 0 aliphatic rings. The largest absolute Gasteiger partial charge is 0.496 e. The number of carbonyl (C=O) groups excluding carboxylic acids is 1. The number of hydrogen-bond donors (Lipinski definition) is 3. The molecule has 0 spiro atoms. The van der Waals surface area contributed by atoms with E-state index in [0.717, 1.165) is 10.8 Å². The van der Waals surface area contributed by atoms with Gasteiger partial charge >= 0.3 is 5.69 Å². The normalized spacial score (nSPS) is 11.6. The molecule has 1 heterocycles. The first kappa shape index (κ1) is 26.5. The van der Waals surface area contributed by atoms with Crippen molar-refractivity contribution in [2.45, 2.75) is 26.2 Å². The van der Waals surface area contributed by atoms with Gasteiger partial charge in [0, 0.05) is 23.9 Å². The van der Waals surface area contributed by atoms with Crippen LogP contribution in [0.25, 0.3) is 5.69 Å². The zero-order chi connectivity index (χ0) is 26.8. The van der Waals surface area contributed by atoms with Crippen LogP contribution in [0.2, 0.25) is 0 Å². The van der Waals surface area contributed by atoms with Gasteiger partial charge < -0.3 is 19.8 Å². The first-order valence-electron chi connectivity index (χ1n) is 10.8. The summed E-state index contributed by atoms with van der Waals surface area (Å²) in [5.41, 5.74) is -0.213. The predicted octanol–water partition coefficient (Wildman–Crippen LogP) is 2.46. The molecular weight excluding hydrogens is 488 g/mol. The average molecular weight is 517 g/mol. The number of benzene rings is 2. The standard InChI is InChI=1S/C24H28N4O7S/c1-24(2,3)17-12-15(28-20(29)9-10-25-23(28)31)13-18(21(17)35-5)26-22(30)16-8-7-14(11-19(16)34-4)27-36(6,32)33/h7-13,27H,1-6H3,(H,25,31)(H,26,30). The molecule has 0 saturated heterocycles. The van der Waals surface area contributed by atoms with Gasteiger partial charge in [0.1, 0.15) is 11.5 Å². The second-order valence-corrected chi connectivity index (χ2v) is 10.8. The Morgan fingerprint density at radius 1 is 1.03 bits per heavy atom. The number of nitrogens with one attached hydrogen (secondary N) is 3. The van der Waals surface area contributed by atoms with Gasteiger partial charge in [-0.05, 0) is 29.7 Å². The molecule has 192 valence electrons. The van der Waals surface area contributed by atoms with Gasteiger partial charge in [-0.1, -0.05) is 20.8 Å². The number of nitrogens with zero attached hydrogens (tertiary/aromatic N) is 1. The van der Waals surface area contributed by atoms with Crippen LogP contribution in [-0.2, 0) is 15.4 Å². The van der Waals surface area contributed by atoms with Gasteiger partial charge in [-0.25, -0.2) is 17.8 Å². The number of methoxy groups -OCH3 is 2. The minimum atomic E-state index is -3.53. The van der Waals surface area contributed by atoms with Crippen LogP contribution in [0.4, 0.5) is 11.4 Å². The average Bonchev–Trinajstić information content (AvgIpc) is 2.76. The van der Waals surface area contributed by atoms with E-state index in [1.807, 2.05) is 20.8 Å². The molecule has 0 fully saturated rings. The van der Waals surface area contributed by atoms with Gasteiger partial charge in [0.05, 0.1) is 43.1 Å². The Balaban J connectivity index is 2.15. The van der Waals surface area contributed by atoms with Crippen molar-refractivity contribution in [1.82, 2.24) is 9.55 Å². The summed E-state index contributed by atoms with van der Waals surface area (Å²) < 4.78 is 37.3. The highest BCUT2D eigenvalue weighted by Gasteiger charge is 2.25. The second kappa shape index (κ2) is 9.90. The van der Waals surface area contributed by atoms with Gasteiger partial charge in [-0.15, -0.1) is 0 Å². The van der Waals surface area contributed by atoms with Gasteiger partial charge in [-0.3, -0.25) is 14.3 Å². The lowest BCUT2D eigenvalue weighted by Crippen LogP contribution is -2.32. The number of aromatic amines is 1. The topological polar surface area (TPSA) is 149 Å². The smallest absolute Gasteiger partial charge is 0.332 e. The Bertz CT molecular complexity index is 1500. The maximum Gasteiger partial charge on any atom is 0.332 e. The van der Waals surface area contributed by atoms with Gasteiger partial charge in [0.2, 0.25) is 10.0 Å². The van der Waals surface area contributed by atoms with E-state index in [4.69, 9.17) is 9.47 Å². The first-order chi connectivity index (χ1) is 16.7. The van der Waals surface area contributed by atoms with Crippen molar-refractivity contribution in [3.63, 3.8) is 0 Å². The number of H-pyrrole nitrogens is 1. The van der Waals surface area contributed by atoms with Gasteiger partial charge in [-0.2, -0.15) is 0 Å². The molecule has 0 unspecified atom stereocenters. The maximum absolute atomic E-state index is 13.3. The fraction of sp³-hybridized carbons (Fsp3) is 0.292. The molecule has 0 atom stereocenters. The molecule has 2 aromatic carbocycles. The van der Waals surface area contributed by atoms with Crippen LogP contribution in [0.15, 0.2) is 52.2 Å². The van der Waals surface area contributed by atoms with Crippen LogP contribution < -0.4 is 30.8 Å². The first-order valence-corrected chi connectivity index (χ1v) is 12.6. The van der Waals surface area contributed by atoms with Gasteiger partial charge in [0.25, 0.3) is 11.5 Å². The van der Waals surface area contributed by atoms with Crippen molar-refractivity contribution in [2.75, 3.05) is 30.5 Å². The van der Waals surface area contributed by atoms with E-state index < -0.39 is 32.6 Å². The molecule has 36 heavy (non-hydrogen) atoms. The van der Waals surface area contributed by atoms with E-state index in [0.29, 0.717) is 11.3 Å². The van der Waals surface area contributed by atoms with E-state index in [9.17, 15) is 22.8 Å². The number of anilines is 2. The van der Waals surface area contributed by atoms with Crippen molar-refractivity contribution in [1.29, 1.82) is 0 Å². The zero-order valence-electron chi connectivity index (χ0n) is 20.8. The number of aromatic nitrogens is 2. The molecule has 3 aromatic rings. The summed E-state index contributed by atoms with van der Waals surface area (Å²) in [6.45, 7) is 5.78. The van der Waals surface area contributed by atoms with E-state index in [1.54, 1.807) is 6.07 Å². The monoisotopic (exact) mass is 516 g/mol. The maximum atomic E-state index is 13.3. The molecule has 11 nitrogen and oxygen atoms in total. The summed E-state index contributed by atoms with van der Waals surface area (Å²) in [5.74, 6) is -0.0974. The lowest BCUT2D eigenvalue weighted by Gasteiger charge is -2.25. The molecule has 0 bridgehead atoms. The third-order valence-corrected chi connectivity index (χ3v) is 5.80. The van der Waals surface area contributed by atoms with Crippen molar-refractivity contribution >= 4 is 27.3 Å². The minimum Gasteiger partial charge on any atom is -0.496 e. The Hall–Kier alpha value is -4.06. The number of amides is 1. The fourth-order valence-corrected chi connectivity index (χ4v) is 4.18. The number of ether oxygens (including phenoxy) is 2. The third kappa shape index (κ3) is 5.77. The second-order valence-electron chi connectivity index (χ2n) is 9.02. The van der Waals surface area contributed by atoms with Crippen LogP contribution in [-0.4, -0.2) is 44.4 Å². The summed E-state index contributed by atoms with van der Waals surface area (Å²) in [6, 6.07) is 8.57. The van der Waals surface area contributed by atoms with E-state index in [-0.39, 0.29) is 28.4 Å². The van der Waals surface area contributed by atoms with Crippen LogP contribution in [0.1, 0.15) is 36.7 Å². The lowest BCUT2D eigenvalue weighted by molar-refractivity contribution is 0.102. The van der Waals surface area contributed by atoms with Crippen LogP contribution in [0.3, 0.4) is 0 Å². The van der Waals surface area contributed by atoms with E-state index in [2.05, 4.69) is 15.0 Å². The van der Waals surface area contributed by atoms with Crippen LogP contribution >= 0.6 is 0 Å². The Labute approximate surface area is 208 Å². The molecule has 3 N–H and O–H groups in total. The predicted molar refractivity (Wildman–Crippen MR) is 137 cm³/mol. The number of sulfonamides is 1. The number of hydrogen-bond acceptors (Lipinski definition) is 7. The van der Waals surface area contributed by atoms with Crippen molar-refractivity contribution in [3.8, 4) is 17.2 Å². The fourth-order valence-electron chi connectivity index (χ4n) is 3.63. The summed E-state index contributed by atoms with van der Waals surface area (Å²) in [7, 11) is -0.726. The van der Waals surface area contributed by atoms with Crippen molar-refractivity contribution in [3.05, 3.63) is 74.6 Å². The van der Waals surface area contributed by atoms with Crippen molar-refractivity contribution in [2.24, 2.45) is 0 Å². The summed E-state index contributed by atoms with van der Waals surface area (Å²) in [6.07, 6.45) is 2.27. The highest BCUT2D eigenvalue weighted by molar-refractivity contribution is 7.92. The Kier molecular flexibility index (Phi) is 7.30. The molecule has 0 saturated carbocycles. The Morgan fingerprint density at radius 3 is 2.28 bits per heavy atom. The molecule has 0 aliphatic heterocycles. The summed E-state index contributed by atoms with van der Waals surface area (Å²) in [5, 5.41) is 2.77. The Morgan fingerprint density at radius 2 is 1.72 bits per heavy atom. The molecule has 0 aliphatic carbocycles. The molecular formula is C24H28N4O7S. The lowest BCUT2D eigenvalue weighted by atomic mass is 9.85.